The number of amides is 2. The molecule has 0 saturated carbocycles. The lowest BCUT2D eigenvalue weighted by Gasteiger charge is -2.33. The molecule has 0 spiro atoms. The van der Waals surface area contributed by atoms with E-state index < -0.39 is 0 Å². The molecule has 0 atom stereocenters. The number of aromatic nitrogens is 2. The van der Waals surface area contributed by atoms with Gasteiger partial charge in [0.05, 0.1) is 13.2 Å². The second-order valence-corrected chi connectivity index (χ2v) is 6.36. The van der Waals surface area contributed by atoms with Gasteiger partial charge in [0.2, 0.25) is 0 Å². The molecule has 1 aliphatic rings. The van der Waals surface area contributed by atoms with Gasteiger partial charge in [-0.2, -0.15) is 0 Å². The van der Waals surface area contributed by atoms with Crippen LogP contribution in [0.15, 0.2) is 36.4 Å². The summed E-state index contributed by atoms with van der Waals surface area (Å²) in [7, 11) is 0. The van der Waals surface area contributed by atoms with Crippen molar-refractivity contribution in [3.05, 3.63) is 42.1 Å². The standard InChI is InChI=1S/C20H25N5O4/c1-3-28-16-7-5-15(6-8-16)21-18-10-9-17(22-23-18)19(26)24-11-13-25(14-12-24)20(27)29-4-2/h5-10H,3-4,11-14H2,1-2H3,(H,21,23). The topological polar surface area (TPSA) is 96.9 Å². The Morgan fingerprint density at radius 3 is 2.21 bits per heavy atom. The first-order valence-electron chi connectivity index (χ1n) is 9.65. The maximum absolute atomic E-state index is 12.6. The van der Waals surface area contributed by atoms with Crippen LogP contribution < -0.4 is 10.1 Å². The monoisotopic (exact) mass is 399 g/mol. The van der Waals surface area contributed by atoms with Crippen LogP contribution in [0.3, 0.4) is 0 Å². The van der Waals surface area contributed by atoms with Crippen LogP contribution in [0.1, 0.15) is 24.3 Å². The summed E-state index contributed by atoms with van der Waals surface area (Å²) in [6.45, 7) is 6.41. The summed E-state index contributed by atoms with van der Waals surface area (Å²) >= 11 is 0. The Morgan fingerprint density at radius 1 is 0.931 bits per heavy atom. The molecule has 1 aliphatic heterocycles. The van der Waals surface area contributed by atoms with E-state index in [0.29, 0.717) is 45.2 Å². The van der Waals surface area contributed by atoms with Crippen LogP contribution in [0.5, 0.6) is 5.75 Å². The van der Waals surface area contributed by atoms with Crippen molar-refractivity contribution in [2.75, 3.05) is 44.7 Å². The van der Waals surface area contributed by atoms with Crippen LogP contribution in [0, 0.1) is 0 Å². The van der Waals surface area contributed by atoms with Gasteiger partial charge in [0, 0.05) is 31.9 Å². The number of hydrogen-bond donors (Lipinski definition) is 1. The summed E-state index contributed by atoms with van der Waals surface area (Å²) in [6, 6.07) is 10.9. The molecule has 9 heteroatoms. The minimum atomic E-state index is -0.343. The van der Waals surface area contributed by atoms with Crippen LogP contribution in [-0.4, -0.2) is 71.4 Å². The van der Waals surface area contributed by atoms with Crippen molar-refractivity contribution < 1.29 is 19.1 Å². The molecule has 154 valence electrons. The second kappa shape index (κ2) is 9.72. The Balaban J connectivity index is 1.54. The molecular formula is C20H25N5O4. The number of piperazine rings is 1. The van der Waals surface area contributed by atoms with E-state index in [4.69, 9.17) is 9.47 Å². The van der Waals surface area contributed by atoms with Gasteiger partial charge in [-0.05, 0) is 50.2 Å². The van der Waals surface area contributed by atoms with Crippen molar-refractivity contribution >= 4 is 23.5 Å². The zero-order valence-electron chi connectivity index (χ0n) is 16.6. The Hall–Kier alpha value is -3.36. The van der Waals surface area contributed by atoms with E-state index in [-0.39, 0.29) is 17.7 Å². The number of nitrogens with one attached hydrogen (secondary N) is 1. The number of carbonyl (C=O) groups is 2. The fraction of sp³-hybridized carbons (Fsp3) is 0.400. The lowest BCUT2D eigenvalue weighted by molar-refractivity contribution is 0.0565. The lowest BCUT2D eigenvalue weighted by Crippen LogP contribution is -2.50. The number of nitrogens with zero attached hydrogens (tertiary/aromatic N) is 4. The van der Waals surface area contributed by atoms with Gasteiger partial charge in [-0.1, -0.05) is 0 Å². The van der Waals surface area contributed by atoms with E-state index in [1.165, 1.54) is 0 Å². The first-order valence-corrected chi connectivity index (χ1v) is 9.65. The Bertz CT molecular complexity index is 818. The summed E-state index contributed by atoms with van der Waals surface area (Å²) in [5, 5.41) is 11.3. The maximum Gasteiger partial charge on any atom is 0.409 e. The van der Waals surface area contributed by atoms with Gasteiger partial charge in [-0.15, -0.1) is 10.2 Å². The van der Waals surface area contributed by atoms with Gasteiger partial charge < -0.3 is 24.6 Å². The molecule has 0 bridgehead atoms. The predicted molar refractivity (Wildman–Crippen MR) is 107 cm³/mol. The van der Waals surface area contributed by atoms with Crippen LogP contribution in [-0.2, 0) is 4.74 Å². The number of ether oxygens (including phenoxy) is 2. The second-order valence-electron chi connectivity index (χ2n) is 6.36. The highest BCUT2D eigenvalue weighted by Gasteiger charge is 2.26. The van der Waals surface area contributed by atoms with Gasteiger partial charge in [0.1, 0.15) is 5.75 Å². The van der Waals surface area contributed by atoms with Crippen molar-refractivity contribution in [1.82, 2.24) is 20.0 Å². The SMILES string of the molecule is CCOC(=O)N1CCN(C(=O)c2ccc(Nc3ccc(OCC)cc3)nn2)CC1. The average molecular weight is 399 g/mol. The van der Waals surface area contributed by atoms with E-state index in [1.807, 2.05) is 31.2 Å². The largest absolute Gasteiger partial charge is 0.494 e. The normalized spacial score (nSPS) is 13.7. The van der Waals surface area contributed by atoms with E-state index in [9.17, 15) is 9.59 Å². The van der Waals surface area contributed by atoms with Gasteiger partial charge in [0.25, 0.3) is 5.91 Å². The molecule has 3 rings (SSSR count). The maximum atomic E-state index is 12.6. The third kappa shape index (κ3) is 5.34. The number of rotatable bonds is 6. The number of benzene rings is 1. The highest BCUT2D eigenvalue weighted by Crippen LogP contribution is 2.19. The molecule has 1 aromatic heterocycles. The molecule has 0 aliphatic carbocycles. The van der Waals surface area contributed by atoms with Crippen LogP contribution >= 0.6 is 0 Å². The fourth-order valence-corrected chi connectivity index (χ4v) is 2.93. The molecule has 2 amide bonds. The molecular weight excluding hydrogens is 374 g/mol. The number of carbonyl (C=O) groups excluding carboxylic acids is 2. The summed E-state index contributed by atoms with van der Waals surface area (Å²) in [5.74, 6) is 1.14. The highest BCUT2D eigenvalue weighted by atomic mass is 16.6. The van der Waals surface area contributed by atoms with Crippen molar-refractivity contribution in [3.63, 3.8) is 0 Å². The van der Waals surface area contributed by atoms with Gasteiger partial charge in [-0.25, -0.2) is 4.79 Å². The van der Waals surface area contributed by atoms with Crippen LogP contribution in [0.4, 0.5) is 16.3 Å². The molecule has 1 fully saturated rings. The molecule has 1 N–H and O–H groups in total. The van der Waals surface area contributed by atoms with Gasteiger partial charge in [0.15, 0.2) is 11.5 Å². The molecule has 29 heavy (non-hydrogen) atoms. The first kappa shape index (κ1) is 20.4. The van der Waals surface area contributed by atoms with Gasteiger partial charge in [-0.3, -0.25) is 4.79 Å². The number of hydrogen-bond acceptors (Lipinski definition) is 7. The predicted octanol–water partition coefficient (Wildman–Crippen LogP) is 2.53. The molecule has 1 saturated heterocycles. The van der Waals surface area contributed by atoms with Crippen molar-refractivity contribution in [2.45, 2.75) is 13.8 Å². The Labute approximate surface area is 169 Å². The third-order valence-electron chi connectivity index (χ3n) is 4.41. The van der Waals surface area contributed by atoms with E-state index >= 15 is 0 Å². The molecule has 0 unspecified atom stereocenters. The van der Waals surface area contributed by atoms with Crippen molar-refractivity contribution in [1.29, 1.82) is 0 Å². The number of anilines is 2. The Morgan fingerprint density at radius 2 is 1.62 bits per heavy atom. The minimum Gasteiger partial charge on any atom is -0.494 e. The molecule has 2 aromatic rings. The first-order chi connectivity index (χ1) is 14.1. The summed E-state index contributed by atoms with van der Waals surface area (Å²) in [6.07, 6.45) is -0.343. The van der Waals surface area contributed by atoms with Crippen molar-refractivity contribution in [2.24, 2.45) is 0 Å². The Kier molecular flexibility index (Phi) is 6.83. The third-order valence-corrected chi connectivity index (χ3v) is 4.41. The van der Waals surface area contributed by atoms with E-state index in [2.05, 4.69) is 15.5 Å². The fourth-order valence-electron chi connectivity index (χ4n) is 2.93. The zero-order chi connectivity index (χ0) is 20.6. The zero-order valence-corrected chi connectivity index (χ0v) is 16.6. The van der Waals surface area contributed by atoms with Crippen LogP contribution in [0.2, 0.25) is 0 Å². The molecule has 1 aromatic carbocycles. The van der Waals surface area contributed by atoms with Gasteiger partial charge >= 0.3 is 6.09 Å². The lowest BCUT2D eigenvalue weighted by atomic mass is 10.2. The summed E-state index contributed by atoms with van der Waals surface area (Å²) in [5.41, 5.74) is 1.11. The van der Waals surface area contributed by atoms with Crippen molar-refractivity contribution in [3.8, 4) is 5.75 Å². The highest BCUT2D eigenvalue weighted by molar-refractivity contribution is 5.92. The minimum absolute atomic E-state index is 0.200. The quantitative estimate of drug-likeness (QED) is 0.797. The van der Waals surface area contributed by atoms with Crippen LogP contribution in [0.25, 0.3) is 0 Å². The molecule has 9 nitrogen and oxygen atoms in total. The smallest absolute Gasteiger partial charge is 0.409 e. The molecule has 2 heterocycles. The molecule has 0 radical (unpaired) electrons. The summed E-state index contributed by atoms with van der Waals surface area (Å²) in [4.78, 5) is 27.6. The summed E-state index contributed by atoms with van der Waals surface area (Å²) < 4.78 is 10.4. The average Bonchev–Trinajstić information content (AvgIpc) is 2.76. The van der Waals surface area contributed by atoms with E-state index in [0.717, 1.165) is 11.4 Å². The van der Waals surface area contributed by atoms with E-state index in [1.54, 1.807) is 28.9 Å².